The number of nitrogens with one attached hydrogen (secondary N) is 1. The van der Waals surface area contributed by atoms with Crippen LogP contribution < -0.4 is 5.32 Å². The molecule has 0 saturated heterocycles. The molecule has 1 aliphatic rings. The van der Waals surface area contributed by atoms with Crippen LogP contribution >= 0.6 is 11.8 Å². The minimum atomic E-state index is 0.0539. The van der Waals surface area contributed by atoms with Crippen LogP contribution in [0.4, 0.5) is 0 Å². The van der Waals surface area contributed by atoms with Gasteiger partial charge in [-0.1, -0.05) is 56.7 Å². The predicted octanol–water partition coefficient (Wildman–Crippen LogP) is 4.67. The summed E-state index contributed by atoms with van der Waals surface area (Å²) in [6.07, 6.45) is 7.02. The highest BCUT2D eigenvalue weighted by Gasteiger charge is 2.28. The quantitative estimate of drug-likeness (QED) is 0.570. The number of rotatable bonds is 6. The summed E-state index contributed by atoms with van der Waals surface area (Å²) < 4.78 is 2.02. The van der Waals surface area contributed by atoms with E-state index in [1.165, 1.54) is 24.6 Å². The summed E-state index contributed by atoms with van der Waals surface area (Å²) in [6.45, 7) is 6.59. The third-order valence-corrected chi connectivity index (χ3v) is 7.22. The normalized spacial score (nSPS) is 21.1. The average Bonchev–Trinajstić information content (AvgIpc) is 3.20. The van der Waals surface area contributed by atoms with Gasteiger partial charge in [-0.15, -0.1) is 10.2 Å². The van der Waals surface area contributed by atoms with Crippen molar-refractivity contribution >= 4 is 17.7 Å². The number of amides is 1. The zero-order valence-corrected chi connectivity index (χ0v) is 19.1. The summed E-state index contributed by atoms with van der Waals surface area (Å²) in [7, 11) is 0. The lowest BCUT2D eigenvalue weighted by Gasteiger charge is -2.34. The van der Waals surface area contributed by atoms with Crippen LogP contribution in [0.3, 0.4) is 0 Å². The Morgan fingerprint density at radius 3 is 2.77 bits per heavy atom. The van der Waals surface area contributed by atoms with E-state index in [4.69, 9.17) is 0 Å². The molecule has 0 radical (unpaired) electrons. The van der Waals surface area contributed by atoms with Crippen molar-refractivity contribution in [2.24, 2.45) is 11.8 Å². The Bertz CT molecular complexity index is 1040. The summed E-state index contributed by atoms with van der Waals surface area (Å²) in [5, 5.41) is 12.8. The maximum absolute atomic E-state index is 12.7. The fraction of sp³-hybridized carbons (Fsp3) is 0.417. The summed E-state index contributed by atoms with van der Waals surface area (Å²) >= 11 is 1.42. The monoisotopic (exact) mass is 435 g/mol. The number of pyridine rings is 1. The summed E-state index contributed by atoms with van der Waals surface area (Å²) in [4.78, 5) is 17.0. The van der Waals surface area contributed by atoms with Crippen LogP contribution in [0.1, 0.15) is 38.7 Å². The SMILES string of the molecule is Cc1ccccc1-n1c(SCC(=O)NC2CCCC(C)C2C)nnc1-c1cccnc1. The van der Waals surface area contributed by atoms with Gasteiger partial charge in [-0.2, -0.15) is 0 Å². The summed E-state index contributed by atoms with van der Waals surface area (Å²) in [6, 6.07) is 12.2. The number of hydrogen-bond donors (Lipinski definition) is 1. The Balaban J connectivity index is 1.55. The zero-order valence-electron chi connectivity index (χ0n) is 18.3. The van der Waals surface area contributed by atoms with Crippen molar-refractivity contribution in [1.82, 2.24) is 25.1 Å². The minimum absolute atomic E-state index is 0.0539. The molecule has 162 valence electrons. The van der Waals surface area contributed by atoms with E-state index < -0.39 is 0 Å². The fourth-order valence-electron chi connectivity index (χ4n) is 4.24. The number of nitrogens with zero attached hydrogens (tertiary/aromatic N) is 4. The van der Waals surface area contributed by atoms with Gasteiger partial charge in [-0.25, -0.2) is 0 Å². The minimum Gasteiger partial charge on any atom is -0.352 e. The van der Waals surface area contributed by atoms with Gasteiger partial charge in [0.15, 0.2) is 11.0 Å². The molecular weight excluding hydrogens is 406 g/mol. The summed E-state index contributed by atoms with van der Waals surface area (Å²) in [5.41, 5.74) is 3.01. The first-order valence-corrected chi connectivity index (χ1v) is 11.9. The maximum atomic E-state index is 12.7. The van der Waals surface area contributed by atoms with Gasteiger partial charge < -0.3 is 5.32 Å². The molecule has 0 bridgehead atoms. The number of hydrogen-bond acceptors (Lipinski definition) is 5. The molecule has 1 aromatic carbocycles. The Hall–Kier alpha value is -2.67. The maximum Gasteiger partial charge on any atom is 0.230 e. The van der Waals surface area contributed by atoms with E-state index in [0.717, 1.165) is 29.1 Å². The van der Waals surface area contributed by atoms with Crippen LogP contribution in [0.15, 0.2) is 53.9 Å². The Labute approximate surface area is 187 Å². The van der Waals surface area contributed by atoms with Gasteiger partial charge in [0.2, 0.25) is 5.91 Å². The second-order valence-corrected chi connectivity index (χ2v) is 9.34. The van der Waals surface area contributed by atoms with Crippen molar-refractivity contribution < 1.29 is 4.79 Å². The van der Waals surface area contributed by atoms with E-state index >= 15 is 0 Å². The second-order valence-electron chi connectivity index (χ2n) is 8.40. The van der Waals surface area contributed by atoms with Gasteiger partial charge in [-0.3, -0.25) is 14.3 Å². The van der Waals surface area contributed by atoms with Crippen molar-refractivity contribution in [1.29, 1.82) is 0 Å². The first kappa shape index (κ1) is 21.6. The van der Waals surface area contributed by atoms with Gasteiger partial charge in [0, 0.05) is 24.0 Å². The lowest BCUT2D eigenvalue weighted by atomic mass is 9.78. The van der Waals surface area contributed by atoms with Gasteiger partial charge in [-0.05, 0) is 48.9 Å². The molecule has 1 saturated carbocycles. The molecule has 2 heterocycles. The fourth-order valence-corrected chi connectivity index (χ4v) is 5.00. The van der Waals surface area contributed by atoms with Crippen molar-refractivity contribution in [3.05, 3.63) is 54.4 Å². The van der Waals surface area contributed by atoms with E-state index in [9.17, 15) is 4.79 Å². The van der Waals surface area contributed by atoms with Crippen molar-refractivity contribution in [3.8, 4) is 17.1 Å². The second kappa shape index (κ2) is 9.64. The molecule has 1 N–H and O–H groups in total. The Morgan fingerprint density at radius 1 is 1.16 bits per heavy atom. The number of carbonyl (C=O) groups is 1. The van der Waals surface area contributed by atoms with Crippen LogP contribution in [0.2, 0.25) is 0 Å². The standard InChI is InChI=1S/C24H29N5OS/c1-16-9-6-11-20(18(16)3)26-22(30)15-31-24-28-27-23(19-10-7-13-25-14-19)29(24)21-12-5-4-8-17(21)2/h4-5,7-8,10,12-14,16,18,20H,6,9,11,15H2,1-3H3,(H,26,30). The molecule has 0 spiro atoms. The van der Waals surface area contributed by atoms with E-state index in [-0.39, 0.29) is 11.9 Å². The lowest BCUT2D eigenvalue weighted by Crippen LogP contribution is -2.44. The van der Waals surface area contributed by atoms with Crippen LogP contribution in [-0.2, 0) is 4.79 Å². The molecule has 31 heavy (non-hydrogen) atoms. The van der Waals surface area contributed by atoms with Crippen LogP contribution in [-0.4, -0.2) is 37.5 Å². The molecule has 3 unspecified atom stereocenters. The smallest absolute Gasteiger partial charge is 0.230 e. The van der Waals surface area contributed by atoms with Crippen molar-refractivity contribution in [2.45, 2.75) is 51.2 Å². The molecule has 6 nitrogen and oxygen atoms in total. The van der Waals surface area contributed by atoms with Crippen molar-refractivity contribution in [2.75, 3.05) is 5.75 Å². The molecule has 1 fully saturated rings. The van der Waals surface area contributed by atoms with E-state index in [1.54, 1.807) is 12.4 Å². The highest BCUT2D eigenvalue weighted by Crippen LogP contribution is 2.31. The third-order valence-electron chi connectivity index (χ3n) is 6.30. The number of benzene rings is 1. The van der Waals surface area contributed by atoms with E-state index in [0.29, 0.717) is 22.7 Å². The molecule has 1 aliphatic carbocycles. The zero-order chi connectivity index (χ0) is 21.8. The molecule has 2 aromatic heterocycles. The third kappa shape index (κ3) is 4.82. The van der Waals surface area contributed by atoms with Crippen molar-refractivity contribution in [3.63, 3.8) is 0 Å². The molecule has 4 rings (SSSR count). The molecule has 3 atom stereocenters. The number of para-hydroxylation sites is 1. The average molecular weight is 436 g/mol. The molecule has 1 amide bonds. The molecule has 0 aliphatic heterocycles. The molecular formula is C24H29N5OS. The first-order valence-electron chi connectivity index (χ1n) is 10.9. The number of thioether (sulfide) groups is 1. The van der Waals surface area contributed by atoms with Gasteiger partial charge in [0.05, 0.1) is 11.4 Å². The van der Waals surface area contributed by atoms with Crippen LogP contribution in [0.5, 0.6) is 0 Å². The predicted molar refractivity (Wildman–Crippen MR) is 124 cm³/mol. The van der Waals surface area contributed by atoms with Gasteiger partial charge >= 0.3 is 0 Å². The first-order chi connectivity index (χ1) is 15.0. The summed E-state index contributed by atoms with van der Waals surface area (Å²) in [5.74, 6) is 2.25. The molecule has 3 aromatic rings. The number of aromatic nitrogens is 4. The van der Waals surface area contributed by atoms with Gasteiger partial charge in [0.1, 0.15) is 0 Å². The number of carbonyl (C=O) groups excluding carboxylic acids is 1. The van der Waals surface area contributed by atoms with E-state index in [1.807, 2.05) is 34.9 Å². The highest BCUT2D eigenvalue weighted by molar-refractivity contribution is 7.99. The number of aryl methyl sites for hydroxylation is 1. The molecule has 7 heteroatoms. The van der Waals surface area contributed by atoms with E-state index in [2.05, 4.69) is 47.3 Å². The highest BCUT2D eigenvalue weighted by atomic mass is 32.2. The lowest BCUT2D eigenvalue weighted by molar-refractivity contribution is -0.120. The topological polar surface area (TPSA) is 72.7 Å². The Morgan fingerprint density at radius 2 is 2.00 bits per heavy atom. The van der Waals surface area contributed by atoms with Crippen LogP contribution in [0.25, 0.3) is 17.1 Å². The van der Waals surface area contributed by atoms with Gasteiger partial charge in [0.25, 0.3) is 0 Å². The Kier molecular flexibility index (Phi) is 6.70. The van der Waals surface area contributed by atoms with Crippen LogP contribution in [0, 0.1) is 18.8 Å². The largest absolute Gasteiger partial charge is 0.352 e.